The molecule has 0 aromatic heterocycles. The molecule has 0 unspecified atom stereocenters. The van der Waals surface area contributed by atoms with Crippen molar-refractivity contribution in [3.05, 3.63) is 47.0 Å². The molecule has 0 fully saturated rings. The van der Waals surface area contributed by atoms with Crippen LogP contribution in [0.3, 0.4) is 0 Å². The van der Waals surface area contributed by atoms with Gasteiger partial charge in [0, 0.05) is 0 Å². The minimum atomic E-state index is 1.17. The maximum absolute atomic E-state index is 3.59. The standard InChI is InChI=1S/C7H11.C4H5.Co/c1-3-5-7-6-4-2;1-3-4-2;/h1,3,5,7H,4,6H2,2H3;1,3-4H,2H2;. The molecule has 0 N–H and O–H groups in total. The van der Waals surface area contributed by atoms with Crippen molar-refractivity contribution in [3.8, 4) is 0 Å². The Morgan fingerprint density at radius 1 is 1.17 bits per heavy atom. The Morgan fingerprint density at radius 2 is 1.92 bits per heavy atom. The topological polar surface area (TPSA) is 0 Å². The molecular formula is C11H16Co. The van der Waals surface area contributed by atoms with E-state index >= 15 is 0 Å². The van der Waals surface area contributed by atoms with Crippen LogP contribution in [0.5, 0.6) is 0 Å². The molecule has 0 saturated carbocycles. The summed E-state index contributed by atoms with van der Waals surface area (Å²) in [7, 11) is 0. The molecule has 0 rings (SSSR count). The SMILES string of the molecule is C=CC=[CH][Co][CH]=CC=CCCC. The Balaban J connectivity index is 3.36. The first kappa shape index (κ1) is 11.5. The van der Waals surface area contributed by atoms with Gasteiger partial charge < -0.3 is 0 Å². The van der Waals surface area contributed by atoms with Gasteiger partial charge in [-0.05, 0) is 0 Å². The van der Waals surface area contributed by atoms with Crippen molar-refractivity contribution < 1.29 is 14.7 Å². The number of rotatable bonds is 6. The Hall–Kier alpha value is -0.534. The van der Waals surface area contributed by atoms with Crippen molar-refractivity contribution in [1.29, 1.82) is 0 Å². The molecule has 1 heteroatoms. The number of hydrogen-bond donors (Lipinski definition) is 0. The van der Waals surface area contributed by atoms with Crippen molar-refractivity contribution in [3.63, 3.8) is 0 Å². The summed E-state index contributed by atoms with van der Waals surface area (Å²) >= 11 is 1.24. The molecule has 0 amide bonds. The van der Waals surface area contributed by atoms with E-state index in [1.807, 2.05) is 11.1 Å². The van der Waals surface area contributed by atoms with Gasteiger partial charge >= 0.3 is 81.4 Å². The second-order valence-corrected chi connectivity index (χ2v) is 3.21. The van der Waals surface area contributed by atoms with Gasteiger partial charge in [0.1, 0.15) is 0 Å². The zero-order valence-electron chi connectivity index (χ0n) is 7.50. The predicted molar refractivity (Wildman–Crippen MR) is 52.5 cm³/mol. The molecule has 0 aromatic carbocycles. The van der Waals surface area contributed by atoms with Crippen molar-refractivity contribution in [2.75, 3.05) is 0 Å². The van der Waals surface area contributed by atoms with Gasteiger partial charge in [-0.25, -0.2) is 0 Å². The van der Waals surface area contributed by atoms with Crippen LogP contribution in [0.2, 0.25) is 0 Å². The van der Waals surface area contributed by atoms with E-state index in [9.17, 15) is 0 Å². The fourth-order valence-corrected chi connectivity index (χ4v) is 1.14. The molecule has 0 radical (unpaired) electrons. The molecule has 69 valence electrons. The van der Waals surface area contributed by atoms with Crippen molar-refractivity contribution in [2.45, 2.75) is 19.8 Å². The van der Waals surface area contributed by atoms with Crippen LogP contribution in [0.4, 0.5) is 0 Å². The van der Waals surface area contributed by atoms with Gasteiger partial charge in [0.2, 0.25) is 0 Å². The van der Waals surface area contributed by atoms with E-state index in [-0.39, 0.29) is 0 Å². The fourth-order valence-electron chi connectivity index (χ4n) is 0.535. The molecule has 12 heavy (non-hydrogen) atoms. The first-order valence-corrected chi connectivity index (χ1v) is 5.28. The van der Waals surface area contributed by atoms with E-state index in [0.717, 1.165) is 0 Å². The van der Waals surface area contributed by atoms with Crippen LogP contribution >= 0.6 is 0 Å². The number of allylic oxidation sites excluding steroid dienone is 5. The molecule has 0 aromatic rings. The molecule has 0 aliphatic heterocycles. The van der Waals surface area contributed by atoms with E-state index in [1.165, 1.54) is 27.5 Å². The Bertz CT molecular complexity index is 175. The van der Waals surface area contributed by atoms with Crippen LogP contribution in [-0.2, 0) is 14.7 Å². The van der Waals surface area contributed by atoms with Crippen molar-refractivity contribution >= 4 is 0 Å². The number of hydrogen-bond acceptors (Lipinski definition) is 0. The second kappa shape index (κ2) is 10.5. The zero-order valence-corrected chi connectivity index (χ0v) is 8.54. The van der Waals surface area contributed by atoms with Gasteiger partial charge in [-0.2, -0.15) is 0 Å². The van der Waals surface area contributed by atoms with Gasteiger partial charge in [-0.15, -0.1) is 0 Å². The molecule has 0 aliphatic carbocycles. The average molecular weight is 207 g/mol. The third-order valence-corrected chi connectivity index (χ3v) is 1.90. The summed E-state index contributed by atoms with van der Waals surface area (Å²) in [5, 5.41) is 4.15. The Labute approximate surface area is 81.7 Å². The van der Waals surface area contributed by atoms with E-state index in [2.05, 4.69) is 36.7 Å². The van der Waals surface area contributed by atoms with Crippen LogP contribution in [0.1, 0.15) is 19.8 Å². The molecule has 0 saturated heterocycles. The van der Waals surface area contributed by atoms with Crippen LogP contribution in [0.25, 0.3) is 0 Å². The minimum absolute atomic E-state index is 1.17. The summed E-state index contributed by atoms with van der Waals surface area (Å²) in [4.78, 5) is 0. The first-order valence-electron chi connectivity index (χ1n) is 4.08. The third-order valence-electron chi connectivity index (χ3n) is 1.10. The summed E-state index contributed by atoms with van der Waals surface area (Å²) in [6, 6.07) is 0. The monoisotopic (exact) mass is 207 g/mol. The van der Waals surface area contributed by atoms with E-state index < -0.39 is 0 Å². The first-order chi connectivity index (χ1) is 5.91. The van der Waals surface area contributed by atoms with Crippen LogP contribution < -0.4 is 0 Å². The summed E-state index contributed by atoms with van der Waals surface area (Å²) in [6.07, 6.45) is 12.5. The molecule has 0 heterocycles. The van der Waals surface area contributed by atoms with Gasteiger partial charge in [0.05, 0.1) is 0 Å². The predicted octanol–water partition coefficient (Wildman–Crippen LogP) is 3.64. The summed E-state index contributed by atoms with van der Waals surface area (Å²) < 4.78 is 0. The molecule has 0 bridgehead atoms. The normalized spacial score (nSPS) is 12.4. The van der Waals surface area contributed by atoms with E-state index in [0.29, 0.717) is 0 Å². The van der Waals surface area contributed by atoms with E-state index in [4.69, 9.17) is 0 Å². The third kappa shape index (κ3) is 9.47. The van der Waals surface area contributed by atoms with Gasteiger partial charge in [0.25, 0.3) is 0 Å². The summed E-state index contributed by atoms with van der Waals surface area (Å²) in [5.74, 6) is 0. The fraction of sp³-hybridized carbons (Fsp3) is 0.273. The molecular weight excluding hydrogens is 191 g/mol. The Kier molecular flexibility index (Phi) is 10.0. The van der Waals surface area contributed by atoms with Crippen molar-refractivity contribution in [2.24, 2.45) is 0 Å². The molecule has 0 nitrogen and oxygen atoms in total. The second-order valence-electron chi connectivity index (χ2n) is 2.17. The average Bonchev–Trinajstić information content (AvgIpc) is 2.10. The van der Waals surface area contributed by atoms with Crippen LogP contribution in [-0.4, -0.2) is 0 Å². The quantitative estimate of drug-likeness (QED) is 0.583. The summed E-state index contributed by atoms with van der Waals surface area (Å²) in [6.45, 7) is 5.77. The Morgan fingerprint density at radius 3 is 2.58 bits per heavy atom. The van der Waals surface area contributed by atoms with Gasteiger partial charge in [-0.3, -0.25) is 0 Å². The molecule has 0 atom stereocenters. The zero-order chi connectivity index (χ0) is 9.07. The maximum atomic E-state index is 3.59. The van der Waals surface area contributed by atoms with Crippen LogP contribution in [0.15, 0.2) is 47.0 Å². The number of unbranched alkanes of at least 4 members (excludes halogenated alkanes) is 1. The van der Waals surface area contributed by atoms with E-state index in [1.54, 1.807) is 6.08 Å². The molecule has 0 aliphatic rings. The van der Waals surface area contributed by atoms with Crippen molar-refractivity contribution in [1.82, 2.24) is 0 Å². The molecule has 0 spiro atoms. The van der Waals surface area contributed by atoms with Gasteiger partial charge in [0.15, 0.2) is 0 Å². The summed E-state index contributed by atoms with van der Waals surface area (Å²) in [5.41, 5.74) is 0. The van der Waals surface area contributed by atoms with Gasteiger partial charge in [-0.1, -0.05) is 0 Å². The van der Waals surface area contributed by atoms with Crippen LogP contribution in [0, 0.1) is 0 Å².